The highest BCUT2D eigenvalue weighted by Crippen LogP contribution is 2.28. The van der Waals surface area contributed by atoms with Gasteiger partial charge < -0.3 is 4.90 Å². The smallest absolute Gasteiger partial charge is 0.250 e. The van der Waals surface area contributed by atoms with Crippen LogP contribution < -0.4 is 4.90 Å². The highest BCUT2D eigenvalue weighted by molar-refractivity contribution is 6.04. The normalized spacial score (nSPS) is 13.7. The molecule has 1 amide bonds. The first-order chi connectivity index (χ1) is 8.99. The lowest BCUT2D eigenvalue weighted by atomic mass is 9.98. The minimum absolute atomic E-state index is 0.00153. The van der Waals surface area contributed by atoms with E-state index in [0.717, 1.165) is 36.2 Å². The Kier molecular flexibility index (Phi) is 3.84. The van der Waals surface area contributed by atoms with E-state index >= 15 is 0 Å². The number of aryl methyl sites for hydroxylation is 1. The number of rotatable bonds is 2. The molecule has 1 aromatic carbocycles. The molecule has 0 saturated heterocycles. The highest BCUT2D eigenvalue weighted by Gasteiger charge is 2.21. The Morgan fingerprint density at radius 1 is 1.21 bits per heavy atom. The summed E-state index contributed by atoms with van der Waals surface area (Å²) >= 11 is 0. The van der Waals surface area contributed by atoms with E-state index in [0.29, 0.717) is 5.56 Å². The Morgan fingerprint density at radius 2 is 1.95 bits per heavy atom. The van der Waals surface area contributed by atoms with E-state index in [1.807, 2.05) is 32.0 Å². The molecular weight excluding hydrogens is 238 g/mol. The van der Waals surface area contributed by atoms with Crippen LogP contribution in [0.3, 0.4) is 0 Å². The number of fused-ring (bicyclic) bond motifs is 1. The maximum absolute atomic E-state index is 12.2. The second-order valence-electron chi connectivity index (χ2n) is 5.21. The van der Waals surface area contributed by atoms with Crippen molar-refractivity contribution in [1.82, 2.24) is 0 Å². The molecule has 1 heterocycles. The lowest BCUT2D eigenvalue weighted by Gasteiger charge is -2.29. The number of amides is 1. The molecule has 1 aliphatic heterocycles. The lowest BCUT2D eigenvalue weighted by Crippen LogP contribution is -2.34. The molecule has 3 nitrogen and oxygen atoms in total. The third-order valence-electron chi connectivity index (χ3n) is 3.29. The maximum atomic E-state index is 12.2. The molecule has 1 aliphatic rings. The number of hydrogen-bond donors (Lipinski definition) is 0. The van der Waals surface area contributed by atoms with Gasteiger partial charge in [-0.3, -0.25) is 9.59 Å². The average molecular weight is 257 g/mol. The Morgan fingerprint density at radius 3 is 2.58 bits per heavy atom. The van der Waals surface area contributed by atoms with Gasteiger partial charge in [0.1, 0.15) is 0 Å². The second-order valence-corrected chi connectivity index (χ2v) is 5.21. The first-order valence-electron chi connectivity index (χ1n) is 6.59. The number of nitrogens with zero attached hydrogens (tertiary/aromatic N) is 1. The molecule has 0 N–H and O–H groups in total. The van der Waals surface area contributed by atoms with E-state index in [1.54, 1.807) is 17.9 Å². The number of carbonyl (C=O) groups excluding carboxylic acids is 2. The van der Waals surface area contributed by atoms with Crippen LogP contribution in [0.15, 0.2) is 29.8 Å². The number of ketones is 1. The molecule has 0 saturated carbocycles. The molecule has 0 unspecified atom stereocenters. The van der Waals surface area contributed by atoms with Gasteiger partial charge in [0.2, 0.25) is 0 Å². The molecule has 2 rings (SSSR count). The number of allylic oxidation sites excluding steroid dienone is 1. The third kappa shape index (κ3) is 2.92. The van der Waals surface area contributed by atoms with Crippen LogP contribution in [0.4, 0.5) is 5.69 Å². The zero-order valence-corrected chi connectivity index (χ0v) is 11.7. The second kappa shape index (κ2) is 5.39. The average Bonchev–Trinajstić information content (AvgIpc) is 2.36. The quantitative estimate of drug-likeness (QED) is 0.603. The van der Waals surface area contributed by atoms with E-state index < -0.39 is 0 Å². The summed E-state index contributed by atoms with van der Waals surface area (Å²) in [6, 6.07) is 5.65. The lowest BCUT2D eigenvalue weighted by molar-refractivity contribution is -0.114. The summed E-state index contributed by atoms with van der Waals surface area (Å²) in [5.74, 6) is 0.0321. The largest absolute Gasteiger partial charge is 0.309 e. The highest BCUT2D eigenvalue weighted by atomic mass is 16.2. The van der Waals surface area contributed by atoms with Crippen LogP contribution in [0.25, 0.3) is 0 Å². The van der Waals surface area contributed by atoms with Gasteiger partial charge in [0.05, 0.1) is 0 Å². The van der Waals surface area contributed by atoms with Crippen molar-refractivity contribution >= 4 is 17.4 Å². The molecule has 19 heavy (non-hydrogen) atoms. The van der Waals surface area contributed by atoms with Crippen LogP contribution in [-0.2, 0) is 11.2 Å². The van der Waals surface area contributed by atoms with Crippen molar-refractivity contribution in [2.45, 2.75) is 33.6 Å². The van der Waals surface area contributed by atoms with Crippen molar-refractivity contribution in [2.24, 2.45) is 0 Å². The molecule has 3 heteroatoms. The Hall–Kier alpha value is -1.90. The third-order valence-corrected chi connectivity index (χ3v) is 3.29. The van der Waals surface area contributed by atoms with Gasteiger partial charge in [-0.25, -0.2) is 0 Å². The van der Waals surface area contributed by atoms with Gasteiger partial charge in [0.15, 0.2) is 5.78 Å². The van der Waals surface area contributed by atoms with Crippen molar-refractivity contribution in [2.75, 3.05) is 11.4 Å². The van der Waals surface area contributed by atoms with E-state index in [4.69, 9.17) is 0 Å². The number of benzene rings is 1. The summed E-state index contributed by atoms with van der Waals surface area (Å²) in [6.07, 6.45) is 3.58. The molecule has 0 spiro atoms. The molecule has 1 aromatic rings. The topological polar surface area (TPSA) is 37.4 Å². The fraction of sp³-hybridized carbons (Fsp3) is 0.375. The van der Waals surface area contributed by atoms with Crippen LogP contribution in [-0.4, -0.2) is 18.2 Å². The van der Waals surface area contributed by atoms with Crippen molar-refractivity contribution in [3.63, 3.8) is 0 Å². The monoisotopic (exact) mass is 257 g/mol. The molecule has 0 aromatic heterocycles. The van der Waals surface area contributed by atoms with E-state index in [-0.39, 0.29) is 11.7 Å². The Labute approximate surface area is 113 Å². The first-order valence-corrected chi connectivity index (χ1v) is 6.59. The zero-order valence-electron chi connectivity index (χ0n) is 11.7. The van der Waals surface area contributed by atoms with Crippen LogP contribution in [0, 0.1) is 0 Å². The Bertz CT molecular complexity index is 554. The molecular formula is C16H19NO2. The summed E-state index contributed by atoms with van der Waals surface area (Å²) in [5, 5.41) is 0. The molecule has 100 valence electrons. The molecule has 0 aliphatic carbocycles. The van der Waals surface area contributed by atoms with Crippen LogP contribution in [0.2, 0.25) is 0 Å². The van der Waals surface area contributed by atoms with E-state index in [1.165, 1.54) is 0 Å². The predicted octanol–water partition coefficient (Wildman–Crippen LogP) is 3.13. The summed E-state index contributed by atoms with van der Waals surface area (Å²) < 4.78 is 0. The zero-order chi connectivity index (χ0) is 14.0. The van der Waals surface area contributed by atoms with Crippen molar-refractivity contribution < 1.29 is 9.59 Å². The standard InChI is InChI=1S/C16H19NO2/c1-11(2)9-16(19)17-8-4-5-13-6-7-14(12(3)18)10-15(13)17/h6-7,9-10H,4-5,8H2,1-3H3. The summed E-state index contributed by atoms with van der Waals surface area (Å²) in [6.45, 7) is 6.09. The van der Waals surface area contributed by atoms with Gasteiger partial charge in [-0.15, -0.1) is 0 Å². The molecule has 0 atom stereocenters. The van der Waals surface area contributed by atoms with Gasteiger partial charge in [0.25, 0.3) is 5.91 Å². The summed E-state index contributed by atoms with van der Waals surface area (Å²) in [4.78, 5) is 25.5. The van der Waals surface area contributed by atoms with Crippen molar-refractivity contribution in [3.05, 3.63) is 41.0 Å². The van der Waals surface area contributed by atoms with Crippen molar-refractivity contribution in [3.8, 4) is 0 Å². The summed E-state index contributed by atoms with van der Waals surface area (Å²) in [5.41, 5.74) is 3.68. The number of Topliss-reactive ketones (excluding diaryl/α,β-unsaturated/α-hetero) is 1. The minimum Gasteiger partial charge on any atom is -0.309 e. The Balaban J connectivity index is 2.42. The van der Waals surface area contributed by atoms with E-state index in [2.05, 4.69) is 0 Å². The van der Waals surface area contributed by atoms with Crippen LogP contribution >= 0.6 is 0 Å². The van der Waals surface area contributed by atoms with Gasteiger partial charge in [0, 0.05) is 23.9 Å². The van der Waals surface area contributed by atoms with Crippen molar-refractivity contribution in [1.29, 1.82) is 0 Å². The number of hydrogen-bond acceptors (Lipinski definition) is 2. The van der Waals surface area contributed by atoms with E-state index in [9.17, 15) is 9.59 Å². The maximum Gasteiger partial charge on any atom is 0.250 e. The van der Waals surface area contributed by atoms with Gasteiger partial charge in [-0.1, -0.05) is 17.7 Å². The molecule has 0 radical (unpaired) electrons. The molecule has 0 bridgehead atoms. The predicted molar refractivity (Wildman–Crippen MR) is 76.6 cm³/mol. The van der Waals surface area contributed by atoms with Crippen LogP contribution in [0.5, 0.6) is 0 Å². The minimum atomic E-state index is 0.00153. The van der Waals surface area contributed by atoms with Gasteiger partial charge in [-0.05, 0) is 45.2 Å². The fourth-order valence-corrected chi connectivity index (χ4v) is 2.35. The first kappa shape index (κ1) is 13.5. The van der Waals surface area contributed by atoms with Gasteiger partial charge in [-0.2, -0.15) is 0 Å². The number of anilines is 1. The SMILES string of the molecule is CC(=O)c1ccc2c(c1)N(C(=O)C=C(C)C)CCC2. The van der Waals surface area contributed by atoms with Gasteiger partial charge >= 0.3 is 0 Å². The molecule has 0 fully saturated rings. The summed E-state index contributed by atoms with van der Waals surface area (Å²) in [7, 11) is 0. The fourth-order valence-electron chi connectivity index (χ4n) is 2.35. The number of carbonyl (C=O) groups is 2. The van der Waals surface area contributed by atoms with Crippen LogP contribution in [0.1, 0.15) is 43.1 Å².